The van der Waals surface area contributed by atoms with Crippen LogP contribution in [-0.4, -0.2) is 71.2 Å². The highest BCUT2D eigenvalue weighted by atomic mass is 19.1. The Morgan fingerprint density at radius 2 is 1.87 bits per heavy atom. The predicted molar refractivity (Wildman–Crippen MR) is 118 cm³/mol. The highest BCUT2D eigenvalue weighted by Crippen LogP contribution is 2.48. The van der Waals surface area contributed by atoms with Crippen molar-refractivity contribution in [3.8, 4) is 0 Å². The molecule has 0 amide bonds. The van der Waals surface area contributed by atoms with Gasteiger partial charge in [0.15, 0.2) is 0 Å². The fourth-order valence-electron chi connectivity index (χ4n) is 5.70. The Kier molecular flexibility index (Phi) is 5.67. The van der Waals surface area contributed by atoms with E-state index >= 15 is 0 Å². The molecule has 0 bridgehead atoms. The van der Waals surface area contributed by atoms with Crippen LogP contribution in [0, 0.1) is 17.7 Å². The van der Waals surface area contributed by atoms with Crippen molar-refractivity contribution in [2.24, 2.45) is 11.8 Å². The summed E-state index contributed by atoms with van der Waals surface area (Å²) in [5.74, 6) is 1.20. The minimum Gasteiger partial charge on any atom is -0.385 e. The van der Waals surface area contributed by atoms with Crippen LogP contribution in [0.25, 0.3) is 0 Å². The molecule has 2 aliphatic heterocycles. The molecule has 2 saturated heterocycles. The maximum Gasteiger partial charge on any atom is 0.225 e. The van der Waals surface area contributed by atoms with Crippen LogP contribution in [0.1, 0.15) is 30.5 Å². The van der Waals surface area contributed by atoms with Crippen LogP contribution in [0.3, 0.4) is 0 Å². The average Bonchev–Trinajstić information content (AvgIpc) is 3.19. The van der Waals surface area contributed by atoms with Gasteiger partial charge in [-0.3, -0.25) is 4.90 Å². The van der Waals surface area contributed by atoms with Gasteiger partial charge in [-0.1, -0.05) is 12.1 Å². The summed E-state index contributed by atoms with van der Waals surface area (Å²) >= 11 is 0. The van der Waals surface area contributed by atoms with Gasteiger partial charge in [0.05, 0.1) is 11.3 Å². The number of halogens is 1. The second kappa shape index (κ2) is 8.45. The number of nitrogens with zero attached hydrogens (tertiary/aromatic N) is 5. The lowest BCUT2D eigenvalue weighted by atomic mass is 9.67. The van der Waals surface area contributed by atoms with Crippen molar-refractivity contribution in [3.63, 3.8) is 0 Å². The van der Waals surface area contributed by atoms with Crippen LogP contribution in [-0.2, 0) is 12.1 Å². The first-order chi connectivity index (χ1) is 15.0. The van der Waals surface area contributed by atoms with Crippen LogP contribution in [0.5, 0.6) is 0 Å². The molecule has 1 aromatic heterocycles. The lowest BCUT2D eigenvalue weighted by Gasteiger charge is -2.41. The van der Waals surface area contributed by atoms with E-state index in [0.717, 1.165) is 82.3 Å². The molecule has 166 valence electrons. The lowest BCUT2D eigenvalue weighted by molar-refractivity contribution is -0.0649. The summed E-state index contributed by atoms with van der Waals surface area (Å²) in [4.78, 5) is 16.4. The molecule has 1 aliphatic carbocycles. The molecule has 3 heterocycles. The van der Waals surface area contributed by atoms with E-state index in [1.807, 2.05) is 12.3 Å². The molecule has 3 fully saturated rings. The first-order valence-electron chi connectivity index (χ1n) is 11.5. The molecule has 1 aromatic carbocycles. The summed E-state index contributed by atoms with van der Waals surface area (Å²) in [5, 5.41) is 11.6. The van der Waals surface area contributed by atoms with Gasteiger partial charge in [-0.2, -0.15) is 0 Å². The Hall–Kier alpha value is -2.09. The van der Waals surface area contributed by atoms with Crippen molar-refractivity contribution in [2.45, 2.75) is 31.4 Å². The van der Waals surface area contributed by atoms with Crippen molar-refractivity contribution in [1.82, 2.24) is 19.8 Å². The zero-order valence-electron chi connectivity index (χ0n) is 18.3. The molecule has 7 heteroatoms. The fourth-order valence-corrected chi connectivity index (χ4v) is 5.70. The Labute approximate surface area is 183 Å². The molecule has 3 atom stereocenters. The van der Waals surface area contributed by atoms with Gasteiger partial charge >= 0.3 is 0 Å². The fraction of sp³-hybridized carbons (Fsp3) is 0.583. The maximum atomic E-state index is 13.4. The van der Waals surface area contributed by atoms with Gasteiger partial charge in [0.2, 0.25) is 5.95 Å². The predicted octanol–water partition coefficient (Wildman–Crippen LogP) is 2.49. The Bertz CT molecular complexity index is 901. The third-order valence-electron chi connectivity index (χ3n) is 7.48. The van der Waals surface area contributed by atoms with E-state index in [2.05, 4.69) is 26.7 Å². The third-order valence-corrected chi connectivity index (χ3v) is 7.48. The Morgan fingerprint density at radius 1 is 1.10 bits per heavy atom. The minimum absolute atomic E-state index is 0.172. The molecule has 0 unspecified atom stereocenters. The number of fused-ring (bicyclic) bond motifs is 1. The van der Waals surface area contributed by atoms with Crippen molar-refractivity contribution < 1.29 is 9.50 Å². The number of hydrogen-bond donors (Lipinski definition) is 1. The number of likely N-dealkylation sites (N-methyl/N-ethyl adjacent to an activating group) is 1. The first kappa shape index (κ1) is 20.8. The molecule has 3 aliphatic rings. The van der Waals surface area contributed by atoms with Crippen LogP contribution in [0.15, 0.2) is 36.5 Å². The van der Waals surface area contributed by atoms with Gasteiger partial charge in [-0.15, -0.1) is 0 Å². The van der Waals surface area contributed by atoms with E-state index in [0.29, 0.717) is 5.92 Å². The number of likely N-dealkylation sites (tertiary alicyclic amines) is 1. The number of aromatic nitrogens is 2. The number of benzene rings is 1. The molecule has 5 rings (SSSR count). The van der Waals surface area contributed by atoms with Gasteiger partial charge in [-0.25, -0.2) is 14.4 Å². The zero-order valence-corrected chi connectivity index (χ0v) is 18.3. The minimum atomic E-state index is -0.873. The summed E-state index contributed by atoms with van der Waals surface area (Å²) in [5.41, 5.74) is 1.01. The van der Waals surface area contributed by atoms with Crippen LogP contribution in [0.2, 0.25) is 0 Å². The molecule has 31 heavy (non-hydrogen) atoms. The van der Waals surface area contributed by atoms with Crippen LogP contribution in [0.4, 0.5) is 10.3 Å². The monoisotopic (exact) mass is 425 g/mol. The molecule has 1 N–H and O–H groups in total. The number of hydrogen-bond acceptors (Lipinski definition) is 6. The van der Waals surface area contributed by atoms with E-state index in [1.165, 1.54) is 12.1 Å². The number of rotatable bonds is 4. The van der Waals surface area contributed by atoms with Crippen molar-refractivity contribution >= 4 is 5.95 Å². The number of piperazine rings is 1. The van der Waals surface area contributed by atoms with Crippen LogP contribution < -0.4 is 4.90 Å². The second-order valence-corrected chi connectivity index (χ2v) is 9.52. The van der Waals surface area contributed by atoms with Gasteiger partial charge in [0.25, 0.3) is 0 Å². The summed E-state index contributed by atoms with van der Waals surface area (Å²) in [6, 6.07) is 8.45. The normalized spacial score (nSPS) is 29.8. The summed E-state index contributed by atoms with van der Waals surface area (Å²) < 4.78 is 13.4. The quantitative estimate of drug-likeness (QED) is 0.812. The lowest BCUT2D eigenvalue weighted by Crippen LogP contribution is -2.45. The highest BCUT2D eigenvalue weighted by molar-refractivity contribution is 5.31. The molecule has 1 saturated carbocycles. The van der Waals surface area contributed by atoms with Crippen LogP contribution >= 0.6 is 0 Å². The first-order valence-corrected chi connectivity index (χ1v) is 11.5. The van der Waals surface area contributed by atoms with Gasteiger partial charge in [-0.05, 0) is 56.0 Å². The Morgan fingerprint density at radius 3 is 2.65 bits per heavy atom. The smallest absolute Gasteiger partial charge is 0.225 e. The SMILES string of the molecule is CN1CCN(c2nccc(CN3C[C@@H]4CCC[C@@](O)(c5ccc(F)cc5)[C@@H]4C3)n2)CC1. The van der Waals surface area contributed by atoms with E-state index in [-0.39, 0.29) is 11.7 Å². The second-order valence-electron chi connectivity index (χ2n) is 9.52. The largest absolute Gasteiger partial charge is 0.385 e. The van der Waals surface area contributed by atoms with E-state index < -0.39 is 5.60 Å². The molecular formula is C24H32FN5O. The van der Waals surface area contributed by atoms with Gasteiger partial charge < -0.3 is 14.9 Å². The molecule has 2 aromatic rings. The third kappa shape index (κ3) is 4.19. The number of aliphatic hydroxyl groups is 1. The standard InChI is InChI=1S/C24H32FN5O/c1-28-11-13-30(14-12-28)23-26-10-8-21(27-23)16-29-15-18-3-2-9-24(31,22(18)17-29)19-4-6-20(25)7-5-19/h4-8,10,18,22,31H,2-3,9,11-17H2,1H3/t18-,22+,24+/m0/s1. The molecule has 6 nitrogen and oxygen atoms in total. The topological polar surface area (TPSA) is 55.7 Å². The van der Waals surface area contributed by atoms with Gasteiger partial charge in [0, 0.05) is 57.9 Å². The summed E-state index contributed by atoms with van der Waals surface area (Å²) in [6.45, 7) is 6.57. The summed E-state index contributed by atoms with van der Waals surface area (Å²) in [7, 11) is 2.15. The maximum absolute atomic E-state index is 13.4. The van der Waals surface area contributed by atoms with E-state index in [1.54, 1.807) is 12.1 Å². The average molecular weight is 426 g/mol. The Balaban J connectivity index is 1.29. The highest BCUT2D eigenvalue weighted by Gasteiger charge is 2.49. The molecule has 0 radical (unpaired) electrons. The summed E-state index contributed by atoms with van der Waals surface area (Å²) in [6.07, 6.45) is 4.76. The molecule has 0 spiro atoms. The van der Waals surface area contributed by atoms with Gasteiger partial charge in [0.1, 0.15) is 5.82 Å². The van der Waals surface area contributed by atoms with Crippen molar-refractivity contribution in [3.05, 3.63) is 53.6 Å². The number of anilines is 1. The van der Waals surface area contributed by atoms with E-state index in [9.17, 15) is 9.50 Å². The van der Waals surface area contributed by atoms with Crippen molar-refractivity contribution in [2.75, 3.05) is 51.2 Å². The molecular weight excluding hydrogens is 393 g/mol. The van der Waals surface area contributed by atoms with E-state index in [4.69, 9.17) is 4.98 Å². The van der Waals surface area contributed by atoms with Crippen molar-refractivity contribution in [1.29, 1.82) is 0 Å². The zero-order chi connectivity index (χ0) is 21.4.